The largest absolute Gasteiger partial charge is 0.475 e. The Morgan fingerprint density at radius 1 is 1.40 bits per heavy atom. The van der Waals surface area contributed by atoms with Gasteiger partial charge in [-0.25, -0.2) is 14.4 Å². The third-order valence-corrected chi connectivity index (χ3v) is 4.02. The van der Waals surface area contributed by atoms with E-state index < -0.39 is 6.17 Å². The van der Waals surface area contributed by atoms with E-state index in [0.717, 1.165) is 0 Å². The van der Waals surface area contributed by atoms with Crippen molar-refractivity contribution in [1.29, 1.82) is 5.41 Å². The first-order valence-electron chi connectivity index (χ1n) is 8.30. The van der Waals surface area contributed by atoms with Crippen molar-refractivity contribution < 1.29 is 9.13 Å². The number of nitrogens with zero attached hydrogens (tertiary/aromatic N) is 3. The van der Waals surface area contributed by atoms with Crippen LogP contribution in [0.2, 0.25) is 0 Å². The average Bonchev–Trinajstić information content (AvgIpc) is 3.02. The molecule has 0 spiro atoms. The smallest absolute Gasteiger partial charge is 0.214 e. The van der Waals surface area contributed by atoms with Crippen LogP contribution in [0.1, 0.15) is 31.4 Å². The van der Waals surface area contributed by atoms with E-state index >= 15 is 0 Å². The van der Waals surface area contributed by atoms with E-state index in [1.807, 2.05) is 18.7 Å². The lowest BCUT2D eigenvalue weighted by molar-refractivity contribution is 0.232. The molecule has 3 rings (SSSR count). The van der Waals surface area contributed by atoms with E-state index in [0.29, 0.717) is 48.0 Å². The molecular formula is C18H22FN5O. The number of rotatable bonds is 5. The number of nitrogens with two attached hydrogens (primary N) is 1. The molecule has 0 aliphatic carbocycles. The summed E-state index contributed by atoms with van der Waals surface area (Å²) in [5.41, 5.74) is 7.88. The van der Waals surface area contributed by atoms with E-state index in [4.69, 9.17) is 15.9 Å². The van der Waals surface area contributed by atoms with Crippen LogP contribution in [0.3, 0.4) is 0 Å². The Hall–Kier alpha value is -2.70. The lowest BCUT2D eigenvalue weighted by atomic mass is 10.0. The second-order valence-corrected chi connectivity index (χ2v) is 6.39. The number of hydrogen-bond donors (Lipinski definition) is 2. The topological polar surface area (TPSA) is 88.1 Å². The fraction of sp³-hybridized carbons (Fsp3) is 0.389. The fourth-order valence-corrected chi connectivity index (χ4v) is 2.80. The van der Waals surface area contributed by atoms with E-state index in [1.165, 1.54) is 6.20 Å². The molecule has 2 aromatic rings. The maximum Gasteiger partial charge on any atom is 0.214 e. The Kier molecular flexibility index (Phi) is 4.83. The van der Waals surface area contributed by atoms with Gasteiger partial charge in [0, 0.05) is 29.9 Å². The van der Waals surface area contributed by atoms with E-state index in [1.54, 1.807) is 24.4 Å². The van der Waals surface area contributed by atoms with Crippen LogP contribution in [0.4, 0.5) is 15.9 Å². The maximum atomic E-state index is 13.4. The van der Waals surface area contributed by atoms with Crippen LogP contribution in [0.25, 0.3) is 0 Å². The van der Waals surface area contributed by atoms with Gasteiger partial charge < -0.3 is 15.4 Å². The molecule has 1 saturated heterocycles. The molecule has 0 amide bonds. The molecule has 0 saturated carbocycles. The van der Waals surface area contributed by atoms with Crippen molar-refractivity contribution >= 4 is 17.2 Å². The molecule has 0 aromatic carbocycles. The van der Waals surface area contributed by atoms with Crippen LogP contribution >= 0.6 is 0 Å². The molecule has 1 unspecified atom stereocenters. The minimum absolute atomic E-state index is 0.0190. The van der Waals surface area contributed by atoms with Crippen molar-refractivity contribution in [3.8, 4) is 5.88 Å². The van der Waals surface area contributed by atoms with Gasteiger partial charge in [-0.05, 0) is 32.4 Å². The number of aromatic nitrogens is 2. The first-order valence-corrected chi connectivity index (χ1v) is 8.30. The van der Waals surface area contributed by atoms with E-state index in [9.17, 15) is 4.39 Å². The van der Waals surface area contributed by atoms with Gasteiger partial charge in [-0.15, -0.1) is 0 Å². The van der Waals surface area contributed by atoms with Crippen LogP contribution < -0.4 is 15.4 Å². The maximum absolute atomic E-state index is 13.4. The molecule has 6 nitrogen and oxygen atoms in total. The number of ether oxygens (including phenoxy) is 1. The predicted molar refractivity (Wildman–Crippen MR) is 96.3 cm³/mol. The molecule has 1 aliphatic rings. The summed E-state index contributed by atoms with van der Waals surface area (Å²) in [5, 5.41) is 8.51. The molecular weight excluding hydrogens is 321 g/mol. The lowest BCUT2D eigenvalue weighted by Crippen LogP contribution is -2.21. The molecule has 3 N–H and O–H groups in total. The predicted octanol–water partition coefficient (Wildman–Crippen LogP) is 2.81. The van der Waals surface area contributed by atoms with Gasteiger partial charge in [0.1, 0.15) is 12.0 Å². The highest BCUT2D eigenvalue weighted by molar-refractivity contribution is 6.14. The number of alkyl halides is 1. The zero-order valence-corrected chi connectivity index (χ0v) is 14.4. The Morgan fingerprint density at radius 3 is 2.88 bits per heavy atom. The lowest BCUT2D eigenvalue weighted by Gasteiger charge is -2.17. The second kappa shape index (κ2) is 7.04. The third kappa shape index (κ3) is 3.87. The number of halogens is 1. The summed E-state index contributed by atoms with van der Waals surface area (Å²) in [6.45, 7) is 4.79. The van der Waals surface area contributed by atoms with Crippen LogP contribution in [-0.2, 0) is 0 Å². The summed E-state index contributed by atoms with van der Waals surface area (Å²) in [7, 11) is 0. The Labute approximate surface area is 146 Å². The van der Waals surface area contributed by atoms with Gasteiger partial charge in [0.2, 0.25) is 5.88 Å². The monoisotopic (exact) mass is 343 g/mol. The fourth-order valence-electron chi connectivity index (χ4n) is 2.80. The van der Waals surface area contributed by atoms with Crippen LogP contribution in [0.5, 0.6) is 5.88 Å². The van der Waals surface area contributed by atoms with Crippen molar-refractivity contribution in [1.82, 2.24) is 9.97 Å². The molecule has 132 valence electrons. The highest BCUT2D eigenvalue weighted by Gasteiger charge is 2.23. The SMILES string of the molecule is CC(C)Oc1cc(C(=N)c2ccnc(N3CCC(F)C3)c2)c(N)cn1. The number of nitrogens with one attached hydrogen (secondary N) is 1. The molecule has 3 heterocycles. The molecule has 1 aliphatic heterocycles. The van der Waals surface area contributed by atoms with Crippen molar-refractivity contribution in [2.24, 2.45) is 0 Å². The average molecular weight is 343 g/mol. The Balaban J connectivity index is 1.88. The quantitative estimate of drug-likeness (QED) is 0.815. The van der Waals surface area contributed by atoms with E-state index in [-0.39, 0.29) is 11.8 Å². The highest BCUT2D eigenvalue weighted by atomic mass is 19.1. The molecule has 25 heavy (non-hydrogen) atoms. The minimum Gasteiger partial charge on any atom is -0.475 e. The molecule has 7 heteroatoms. The molecule has 2 aromatic heterocycles. The molecule has 0 bridgehead atoms. The van der Waals surface area contributed by atoms with Crippen molar-refractivity contribution in [3.63, 3.8) is 0 Å². The highest BCUT2D eigenvalue weighted by Crippen LogP contribution is 2.24. The number of hydrogen-bond acceptors (Lipinski definition) is 6. The van der Waals surface area contributed by atoms with Gasteiger partial charge in [-0.1, -0.05) is 0 Å². The van der Waals surface area contributed by atoms with Crippen molar-refractivity contribution in [2.45, 2.75) is 32.5 Å². The summed E-state index contributed by atoms with van der Waals surface area (Å²) in [6.07, 6.45) is 2.80. The zero-order valence-electron chi connectivity index (χ0n) is 14.4. The van der Waals surface area contributed by atoms with Crippen LogP contribution in [-0.4, -0.2) is 41.0 Å². The third-order valence-electron chi connectivity index (χ3n) is 4.02. The summed E-state index contributed by atoms with van der Waals surface area (Å²) < 4.78 is 19.0. The summed E-state index contributed by atoms with van der Waals surface area (Å²) in [4.78, 5) is 10.3. The van der Waals surface area contributed by atoms with Crippen LogP contribution in [0.15, 0.2) is 30.6 Å². The summed E-state index contributed by atoms with van der Waals surface area (Å²) >= 11 is 0. The number of nitrogen functional groups attached to an aromatic ring is 1. The van der Waals surface area contributed by atoms with Gasteiger partial charge in [0.05, 0.1) is 30.2 Å². The second-order valence-electron chi connectivity index (χ2n) is 6.39. The standard InChI is InChI=1S/C18H22FN5O/c1-11(2)25-17-8-14(15(20)9-23-17)18(21)12-3-5-22-16(7-12)24-6-4-13(19)10-24/h3,5,7-9,11,13,21H,4,6,10,20H2,1-2H3. The van der Waals surface area contributed by atoms with Crippen molar-refractivity contribution in [2.75, 3.05) is 23.7 Å². The number of anilines is 2. The zero-order chi connectivity index (χ0) is 18.0. The number of pyridine rings is 2. The van der Waals surface area contributed by atoms with E-state index in [2.05, 4.69) is 9.97 Å². The summed E-state index contributed by atoms with van der Waals surface area (Å²) in [6, 6.07) is 5.21. The van der Waals surface area contributed by atoms with Crippen LogP contribution in [0, 0.1) is 5.41 Å². The summed E-state index contributed by atoms with van der Waals surface area (Å²) in [5.74, 6) is 1.10. The minimum atomic E-state index is -0.823. The molecule has 1 fully saturated rings. The van der Waals surface area contributed by atoms with Gasteiger partial charge in [0.15, 0.2) is 0 Å². The molecule has 0 radical (unpaired) electrons. The first kappa shape index (κ1) is 17.1. The van der Waals surface area contributed by atoms with Gasteiger partial charge in [0.25, 0.3) is 0 Å². The Morgan fingerprint density at radius 2 is 2.20 bits per heavy atom. The normalized spacial score (nSPS) is 17.1. The van der Waals surface area contributed by atoms with Crippen molar-refractivity contribution in [3.05, 3.63) is 41.7 Å². The van der Waals surface area contributed by atoms with Gasteiger partial charge in [-0.3, -0.25) is 5.41 Å². The van der Waals surface area contributed by atoms with Gasteiger partial charge in [-0.2, -0.15) is 0 Å². The van der Waals surface area contributed by atoms with Gasteiger partial charge >= 0.3 is 0 Å². The molecule has 1 atom stereocenters. The Bertz CT molecular complexity index is 780. The first-order chi connectivity index (χ1) is 11.9.